The molecule has 0 radical (unpaired) electrons. The lowest BCUT2D eigenvalue weighted by atomic mass is 10.1. The van der Waals surface area contributed by atoms with Gasteiger partial charge in [-0.25, -0.2) is 4.98 Å². The second-order valence-electron chi connectivity index (χ2n) is 4.18. The first-order chi connectivity index (χ1) is 8.62. The van der Waals surface area contributed by atoms with Crippen molar-refractivity contribution in [2.24, 2.45) is 0 Å². The number of amides is 1. The first kappa shape index (κ1) is 14.4. The predicted molar refractivity (Wildman–Crippen MR) is 71.8 cm³/mol. The number of carbonyl (C=O) groups is 1. The predicted octanol–water partition coefficient (Wildman–Crippen LogP) is 1.14. The maximum absolute atomic E-state index is 12.1. The molecule has 0 saturated carbocycles. The van der Waals surface area contributed by atoms with E-state index < -0.39 is 0 Å². The summed E-state index contributed by atoms with van der Waals surface area (Å²) in [5.74, 6) is 0.599. The molecule has 100 valence electrons. The molecule has 2 N–H and O–H groups in total. The molecule has 0 aliphatic carbocycles. The van der Waals surface area contributed by atoms with Crippen molar-refractivity contribution in [2.75, 3.05) is 32.6 Å². The number of aromatic nitrogens is 1. The average Bonchev–Trinajstić information content (AvgIpc) is 2.38. The molecule has 0 aliphatic heterocycles. The zero-order valence-corrected chi connectivity index (χ0v) is 11.2. The summed E-state index contributed by atoms with van der Waals surface area (Å²) in [5, 5.41) is 11.8. The van der Waals surface area contributed by atoms with Crippen LogP contribution >= 0.6 is 0 Å². The first-order valence-electron chi connectivity index (χ1n) is 6.17. The number of hydrogen-bond donors (Lipinski definition) is 2. The van der Waals surface area contributed by atoms with Crippen LogP contribution < -0.4 is 5.32 Å². The van der Waals surface area contributed by atoms with Gasteiger partial charge >= 0.3 is 0 Å². The van der Waals surface area contributed by atoms with Crippen molar-refractivity contribution in [3.8, 4) is 0 Å². The molecule has 0 aromatic carbocycles. The van der Waals surface area contributed by atoms with E-state index >= 15 is 0 Å². The van der Waals surface area contributed by atoms with Crippen LogP contribution in [0.4, 0.5) is 5.82 Å². The number of aliphatic hydroxyl groups is 1. The van der Waals surface area contributed by atoms with E-state index in [0.29, 0.717) is 17.9 Å². The summed E-state index contributed by atoms with van der Waals surface area (Å²) in [5.41, 5.74) is 1.51. The van der Waals surface area contributed by atoms with Gasteiger partial charge in [-0.1, -0.05) is 13.3 Å². The van der Waals surface area contributed by atoms with Crippen LogP contribution in [0.3, 0.4) is 0 Å². The van der Waals surface area contributed by atoms with E-state index in [-0.39, 0.29) is 12.5 Å². The molecule has 0 atom stereocenters. The minimum absolute atomic E-state index is 0.0337. The highest BCUT2D eigenvalue weighted by atomic mass is 16.3. The molecule has 0 bridgehead atoms. The molecule has 0 unspecified atom stereocenters. The summed E-state index contributed by atoms with van der Waals surface area (Å²) in [6, 6.07) is 3.55. The molecular formula is C13H21N3O2. The van der Waals surface area contributed by atoms with Crippen LogP contribution in [0.25, 0.3) is 0 Å². The summed E-state index contributed by atoms with van der Waals surface area (Å²) >= 11 is 0. The van der Waals surface area contributed by atoms with Crippen LogP contribution in [-0.2, 0) is 6.42 Å². The van der Waals surface area contributed by atoms with E-state index in [2.05, 4.69) is 17.2 Å². The van der Waals surface area contributed by atoms with Gasteiger partial charge < -0.3 is 15.3 Å². The Kier molecular flexibility index (Phi) is 5.58. The number of anilines is 1. The topological polar surface area (TPSA) is 65.5 Å². The Labute approximate surface area is 108 Å². The summed E-state index contributed by atoms with van der Waals surface area (Å²) in [6.45, 7) is 2.38. The van der Waals surface area contributed by atoms with Crippen molar-refractivity contribution < 1.29 is 9.90 Å². The molecule has 5 nitrogen and oxygen atoms in total. The fourth-order valence-corrected chi connectivity index (χ4v) is 1.70. The zero-order valence-electron chi connectivity index (χ0n) is 11.2. The molecular weight excluding hydrogens is 230 g/mol. The second-order valence-corrected chi connectivity index (χ2v) is 4.18. The Hall–Kier alpha value is -1.62. The Balaban J connectivity index is 2.99. The Bertz CT molecular complexity index is 407. The summed E-state index contributed by atoms with van der Waals surface area (Å²) in [7, 11) is 3.46. The molecule has 0 saturated heterocycles. The van der Waals surface area contributed by atoms with Crippen LogP contribution in [0, 0.1) is 0 Å². The van der Waals surface area contributed by atoms with Crippen molar-refractivity contribution in [3.63, 3.8) is 0 Å². The quantitative estimate of drug-likeness (QED) is 0.795. The molecule has 5 heteroatoms. The largest absolute Gasteiger partial charge is 0.395 e. The van der Waals surface area contributed by atoms with Gasteiger partial charge in [-0.15, -0.1) is 0 Å². The van der Waals surface area contributed by atoms with E-state index in [0.717, 1.165) is 18.5 Å². The highest BCUT2D eigenvalue weighted by Gasteiger charge is 2.13. The summed E-state index contributed by atoms with van der Waals surface area (Å²) in [4.78, 5) is 18.0. The Morgan fingerprint density at radius 3 is 2.78 bits per heavy atom. The third-order valence-electron chi connectivity index (χ3n) is 2.67. The lowest BCUT2D eigenvalue weighted by molar-refractivity contribution is 0.0767. The van der Waals surface area contributed by atoms with E-state index in [1.54, 1.807) is 20.2 Å². The zero-order chi connectivity index (χ0) is 13.5. The maximum Gasteiger partial charge on any atom is 0.253 e. The summed E-state index contributed by atoms with van der Waals surface area (Å²) < 4.78 is 0. The minimum atomic E-state index is -0.0969. The lowest BCUT2D eigenvalue weighted by Crippen LogP contribution is -2.29. The number of carbonyl (C=O) groups excluding carboxylic acids is 1. The van der Waals surface area contributed by atoms with Gasteiger partial charge in [0.05, 0.1) is 6.61 Å². The highest BCUT2D eigenvalue weighted by Crippen LogP contribution is 2.13. The average molecular weight is 251 g/mol. The first-order valence-corrected chi connectivity index (χ1v) is 6.17. The van der Waals surface area contributed by atoms with Gasteiger partial charge in [0.25, 0.3) is 5.91 Å². The van der Waals surface area contributed by atoms with Crippen molar-refractivity contribution in [2.45, 2.75) is 19.8 Å². The minimum Gasteiger partial charge on any atom is -0.395 e. The molecule has 1 aromatic heterocycles. The summed E-state index contributed by atoms with van der Waals surface area (Å²) in [6.07, 6.45) is 1.83. The molecule has 1 amide bonds. The molecule has 1 aromatic rings. The number of likely N-dealkylation sites (N-methyl/N-ethyl adjacent to an activating group) is 1. The van der Waals surface area contributed by atoms with E-state index in [9.17, 15) is 4.79 Å². The number of nitrogens with one attached hydrogen (secondary N) is 1. The molecule has 1 heterocycles. The fourth-order valence-electron chi connectivity index (χ4n) is 1.70. The standard InChI is InChI=1S/C13H21N3O2/c1-4-5-11-8-10(9-12(14-2)15-11)13(18)16(3)6-7-17/h8-9,17H,4-7H2,1-3H3,(H,14,15). The van der Waals surface area contributed by atoms with Crippen LogP contribution in [0.5, 0.6) is 0 Å². The molecule has 0 aliphatic rings. The van der Waals surface area contributed by atoms with E-state index in [4.69, 9.17) is 5.11 Å². The Morgan fingerprint density at radius 1 is 1.50 bits per heavy atom. The van der Waals surface area contributed by atoms with Crippen LogP contribution in [0.15, 0.2) is 12.1 Å². The van der Waals surface area contributed by atoms with Gasteiger partial charge in [0.1, 0.15) is 5.82 Å². The monoisotopic (exact) mass is 251 g/mol. The molecule has 0 spiro atoms. The smallest absolute Gasteiger partial charge is 0.253 e. The molecule has 0 fully saturated rings. The van der Waals surface area contributed by atoms with Crippen LogP contribution in [0.1, 0.15) is 29.4 Å². The number of nitrogens with zero attached hydrogens (tertiary/aromatic N) is 2. The third kappa shape index (κ3) is 3.70. The number of rotatable bonds is 6. The Morgan fingerprint density at radius 2 is 2.22 bits per heavy atom. The fraction of sp³-hybridized carbons (Fsp3) is 0.538. The van der Waals surface area contributed by atoms with Crippen molar-refractivity contribution >= 4 is 11.7 Å². The second kappa shape index (κ2) is 6.96. The number of hydrogen-bond acceptors (Lipinski definition) is 4. The highest BCUT2D eigenvalue weighted by molar-refractivity contribution is 5.94. The maximum atomic E-state index is 12.1. The SMILES string of the molecule is CCCc1cc(C(=O)N(C)CCO)cc(NC)n1. The van der Waals surface area contributed by atoms with Gasteiger partial charge in [0.15, 0.2) is 0 Å². The normalized spacial score (nSPS) is 10.2. The van der Waals surface area contributed by atoms with Crippen molar-refractivity contribution in [1.29, 1.82) is 0 Å². The third-order valence-corrected chi connectivity index (χ3v) is 2.67. The van der Waals surface area contributed by atoms with Gasteiger partial charge in [-0.3, -0.25) is 4.79 Å². The van der Waals surface area contributed by atoms with Gasteiger partial charge in [-0.2, -0.15) is 0 Å². The van der Waals surface area contributed by atoms with Crippen molar-refractivity contribution in [1.82, 2.24) is 9.88 Å². The van der Waals surface area contributed by atoms with Gasteiger partial charge in [-0.05, 0) is 18.6 Å². The molecule has 18 heavy (non-hydrogen) atoms. The number of aliphatic hydroxyl groups excluding tert-OH is 1. The van der Waals surface area contributed by atoms with Gasteiger partial charge in [0.2, 0.25) is 0 Å². The van der Waals surface area contributed by atoms with Crippen molar-refractivity contribution in [3.05, 3.63) is 23.4 Å². The van der Waals surface area contributed by atoms with Crippen LogP contribution in [0.2, 0.25) is 0 Å². The van der Waals surface area contributed by atoms with E-state index in [1.165, 1.54) is 4.90 Å². The molecule has 1 rings (SSSR count). The van der Waals surface area contributed by atoms with Gasteiger partial charge in [0, 0.05) is 31.9 Å². The van der Waals surface area contributed by atoms with E-state index in [1.807, 2.05) is 6.07 Å². The number of aryl methyl sites for hydroxylation is 1. The lowest BCUT2D eigenvalue weighted by Gasteiger charge is -2.16. The van der Waals surface area contributed by atoms with Crippen LogP contribution in [-0.4, -0.2) is 48.1 Å². The number of pyridine rings is 1.